The molecular formula is C22H26N4O6S. The fraction of sp³-hybridized carbons (Fsp3) is 0.364. The molecule has 176 valence electrons. The van der Waals surface area contributed by atoms with E-state index < -0.39 is 10.0 Å². The van der Waals surface area contributed by atoms with E-state index in [1.54, 1.807) is 19.2 Å². The SMILES string of the molecule is COc1ccc(-c2noc(CN3CCN(S(=O)(=O)c4cc(OC)ccc4OC)CC3)n2)cc1. The molecule has 1 aromatic heterocycles. The van der Waals surface area contributed by atoms with Crippen molar-refractivity contribution in [3.8, 4) is 28.6 Å². The van der Waals surface area contributed by atoms with Gasteiger partial charge in [0, 0.05) is 37.8 Å². The van der Waals surface area contributed by atoms with Crippen LogP contribution in [-0.4, -0.2) is 75.3 Å². The van der Waals surface area contributed by atoms with Crippen molar-refractivity contribution < 1.29 is 27.2 Å². The summed E-state index contributed by atoms with van der Waals surface area (Å²) in [5.74, 6) is 2.47. The van der Waals surface area contributed by atoms with Crippen LogP contribution in [0.3, 0.4) is 0 Å². The lowest BCUT2D eigenvalue weighted by Crippen LogP contribution is -2.48. The lowest BCUT2D eigenvalue weighted by molar-refractivity contribution is 0.163. The quantitative estimate of drug-likeness (QED) is 0.486. The van der Waals surface area contributed by atoms with Gasteiger partial charge in [0.2, 0.25) is 21.7 Å². The first-order valence-electron chi connectivity index (χ1n) is 10.4. The van der Waals surface area contributed by atoms with Crippen molar-refractivity contribution in [3.63, 3.8) is 0 Å². The third kappa shape index (κ3) is 4.95. The molecule has 0 saturated carbocycles. The van der Waals surface area contributed by atoms with Crippen molar-refractivity contribution in [2.24, 2.45) is 0 Å². The van der Waals surface area contributed by atoms with E-state index in [0.717, 1.165) is 11.3 Å². The maximum atomic E-state index is 13.2. The molecule has 0 spiro atoms. The highest BCUT2D eigenvalue weighted by Gasteiger charge is 2.31. The molecule has 33 heavy (non-hydrogen) atoms. The van der Waals surface area contributed by atoms with E-state index in [1.807, 2.05) is 24.3 Å². The van der Waals surface area contributed by atoms with Gasteiger partial charge in [-0.3, -0.25) is 4.90 Å². The van der Waals surface area contributed by atoms with E-state index in [2.05, 4.69) is 15.0 Å². The molecule has 0 amide bonds. The molecule has 11 heteroatoms. The number of aromatic nitrogens is 2. The van der Waals surface area contributed by atoms with Crippen LogP contribution in [-0.2, 0) is 16.6 Å². The van der Waals surface area contributed by atoms with Crippen LogP contribution < -0.4 is 14.2 Å². The van der Waals surface area contributed by atoms with Gasteiger partial charge in [-0.25, -0.2) is 8.42 Å². The van der Waals surface area contributed by atoms with Crippen molar-refractivity contribution >= 4 is 10.0 Å². The number of nitrogens with zero attached hydrogens (tertiary/aromatic N) is 4. The Morgan fingerprint density at radius 3 is 2.21 bits per heavy atom. The first-order valence-corrected chi connectivity index (χ1v) is 11.8. The van der Waals surface area contributed by atoms with Gasteiger partial charge in [0.1, 0.15) is 22.1 Å². The second kappa shape index (κ2) is 9.77. The van der Waals surface area contributed by atoms with Crippen molar-refractivity contribution in [1.29, 1.82) is 0 Å². The van der Waals surface area contributed by atoms with Crippen molar-refractivity contribution in [3.05, 3.63) is 48.4 Å². The number of ether oxygens (including phenoxy) is 3. The predicted molar refractivity (Wildman–Crippen MR) is 120 cm³/mol. The second-order valence-corrected chi connectivity index (χ2v) is 9.34. The highest BCUT2D eigenvalue weighted by molar-refractivity contribution is 7.89. The molecule has 0 bridgehead atoms. The van der Waals surface area contributed by atoms with Crippen LogP contribution in [0.15, 0.2) is 51.9 Å². The highest BCUT2D eigenvalue weighted by atomic mass is 32.2. The van der Waals surface area contributed by atoms with Gasteiger partial charge in [0.25, 0.3) is 0 Å². The average molecular weight is 475 g/mol. The summed E-state index contributed by atoms with van der Waals surface area (Å²) in [5.41, 5.74) is 0.828. The zero-order chi connectivity index (χ0) is 23.4. The Bertz CT molecular complexity index is 1190. The zero-order valence-corrected chi connectivity index (χ0v) is 19.5. The fourth-order valence-electron chi connectivity index (χ4n) is 3.62. The van der Waals surface area contributed by atoms with Crippen LogP contribution in [0.5, 0.6) is 17.2 Å². The highest BCUT2D eigenvalue weighted by Crippen LogP contribution is 2.31. The molecule has 1 aliphatic rings. The van der Waals surface area contributed by atoms with Crippen LogP contribution in [0.2, 0.25) is 0 Å². The number of benzene rings is 2. The number of sulfonamides is 1. The topological polar surface area (TPSA) is 107 Å². The van der Waals surface area contributed by atoms with Crippen molar-refractivity contribution in [1.82, 2.24) is 19.3 Å². The number of methoxy groups -OCH3 is 3. The van der Waals surface area contributed by atoms with Crippen molar-refractivity contribution in [2.45, 2.75) is 11.4 Å². The molecule has 0 N–H and O–H groups in total. The molecule has 10 nitrogen and oxygen atoms in total. The predicted octanol–water partition coefficient (Wildman–Crippen LogP) is 2.27. The minimum Gasteiger partial charge on any atom is -0.497 e. The standard InChI is InChI=1S/C22H26N4O6S/c1-29-17-6-4-16(5-7-17)22-23-21(32-24-22)15-25-10-12-26(13-11-25)33(27,28)20-14-18(30-2)8-9-19(20)31-3/h4-9,14H,10-13,15H2,1-3H3. The summed E-state index contributed by atoms with van der Waals surface area (Å²) in [5, 5.41) is 4.05. The molecule has 0 unspecified atom stereocenters. The number of piperazine rings is 1. The Morgan fingerprint density at radius 1 is 0.909 bits per heavy atom. The molecule has 0 radical (unpaired) electrons. The molecule has 0 atom stereocenters. The Balaban J connectivity index is 1.40. The third-order valence-corrected chi connectivity index (χ3v) is 7.41. The second-order valence-electron chi connectivity index (χ2n) is 7.44. The van der Waals surface area contributed by atoms with Crippen LogP contribution in [0.25, 0.3) is 11.4 Å². The largest absolute Gasteiger partial charge is 0.497 e. The van der Waals surface area contributed by atoms with Crippen LogP contribution in [0, 0.1) is 0 Å². The molecule has 0 aliphatic carbocycles. The van der Waals surface area contributed by atoms with E-state index in [1.165, 1.54) is 24.6 Å². The first kappa shape index (κ1) is 23.0. The normalized spacial score (nSPS) is 15.4. The van der Waals surface area contributed by atoms with E-state index >= 15 is 0 Å². The van der Waals surface area contributed by atoms with Crippen LogP contribution in [0.4, 0.5) is 0 Å². The molecule has 2 aromatic carbocycles. The number of rotatable bonds is 8. The van der Waals surface area contributed by atoms with Gasteiger partial charge < -0.3 is 18.7 Å². The Kier molecular flexibility index (Phi) is 6.82. The van der Waals surface area contributed by atoms with Crippen molar-refractivity contribution in [2.75, 3.05) is 47.5 Å². The molecule has 2 heterocycles. The van der Waals surface area contributed by atoms with Crippen LogP contribution >= 0.6 is 0 Å². The molecular weight excluding hydrogens is 448 g/mol. The Labute approximate surface area is 192 Å². The van der Waals surface area contributed by atoms with Gasteiger partial charge in [-0.1, -0.05) is 5.16 Å². The average Bonchev–Trinajstić information content (AvgIpc) is 3.32. The lowest BCUT2D eigenvalue weighted by Gasteiger charge is -2.33. The summed E-state index contributed by atoms with van der Waals surface area (Å²) in [4.78, 5) is 6.64. The zero-order valence-electron chi connectivity index (χ0n) is 18.7. The minimum atomic E-state index is -3.73. The summed E-state index contributed by atoms with van der Waals surface area (Å²) in [6.07, 6.45) is 0. The van der Waals surface area contributed by atoms with Gasteiger partial charge >= 0.3 is 0 Å². The number of hydrogen-bond acceptors (Lipinski definition) is 9. The van der Waals surface area contributed by atoms with E-state index in [-0.39, 0.29) is 10.6 Å². The molecule has 1 fully saturated rings. The van der Waals surface area contributed by atoms with Gasteiger partial charge in [0.05, 0.1) is 27.9 Å². The number of hydrogen-bond donors (Lipinski definition) is 0. The summed E-state index contributed by atoms with van der Waals surface area (Å²) in [7, 11) is 0.822. The summed E-state index contributed by atoms with van der Waals surface area (Å²) >= 11 is 0. The third-order valence-electron chi connectivity index (χ3n) is 5.50. The first-order chi connectivity index (χ1) is 15.9. The molecule has 1 aliphatic heterocycles. The summed E-state index contributed by atoms with van der Waals surface area (Å²) < 4.78 is 48.9. The Morgan fingerprint density at radius 2 is 1.58 bits per heavy atom. The lowest BCUT2D eigenvalue weighted by atomic mass is 10.2. The smallest absolute Gasteiger partial charge is 0.246 e. The molecule has 1 saturated heterocycles. The maximum Gasteiger partial charge on any atom is 0.246 e. The van der Waals surface area contributed by atoms with E-state index in [0.29, 0.717) is 50.2 Å². The summed E-state index contributed by atoms with van der Waals surface area (Å²) in [6, 6.07) is 12.1. The van der Waals surface area contributed by atoms with E-state index in [4.69, 9.17) is 18.7 Å². The van der Waals surface area contributed by atoms with Gasteiger partial charge in [-0.05, 0) is 36.4 Å². The van der Waals surface area contributed by atoms with Gasteiger partial charge in [-0.2, -0.15) is 9.29 Å². The molecule has 4 rings (SSSR count). The van der Waals surface area contributed by atoms with Crippen LogP contribution in [0.1, 0.15) is 5.89 Å². The fourth-order valence-corrected chi connectivity index (χ4v) is 5.21. The van der Waals surface area contributed by atoms with Gasteiger partial charge in [-0.15, -0.1) is 0 Å². The maximum absolute atomic E-state index is 13.2. The monoisotopic (exact) mass is 474 g/mol. The minimum absolute atomic E-state index is 0.0961. The summed E-state index contributed by atoms with van der Waals surface area (Å²) in [6.45, 7) is 2.18. The molecule has 3 aromatic rings. The van der Waals surface area contributed by atoms with Gasteiger partial charge in [0.15, 0.2) is 0 Å². The Hall–Kier alpha value is -3.15. The van der Waals surface area contributed by atoms with E-state index in [9.17, 15) is 8.42 Å².